The van der Waals surface area contributed by atoms with Crippen LogP contribution >= 0.6 is 0 Å². The smallest absolute Gasteiger partial charge is 0.239 e. The van der Waals surface area contributed by atoms with Crippen LogP contribution < -0.4 is 11.5 Å². The highest BCUT2D eigenvalue weighted by Gasteiger charge is 2.25. The van der Waals surface area contributed by atoms with Crippen LogP contribution in [0.4, 0.5) is 0 Å². The van der Waals surface area contributed by atoms with Crippen molar-refractivity contribution in [1.29, 1.82) is 0 Å². The molecule has 0 aromatic rings. The molecule has 0 bridgehead atoms. The Morgan fingerprint density at radius 2 is 1.43 bits per heavy atom. The molecule has 0 fully saturated rings. The van der Waals surface area contributed by atoms with E-state index in [1.165, 1.54) is 0 Å². The number of amides is 1. The maximum Gasteiger partial charge on any atom is 0.239 e. The summed E-state index contributed by atoms with van der Waals surface area (Å²) in [6.45, 7) is 7.35. The number of ether oxygens (including phenoxy) is 2. The van der Waals surface area contributed by atoms with Crippen molar-refractivity contribution in [3.05, 3.63) is 0 Å². The van der Waals surface area contributed by atoms with Crippen molar-refractivity contribution in [2.75, 3.05) is 0 Å². The first kappa shape index (κ1) is 13.4. The van der Waals surface area contributed by atoms with Crippen molar-refractivity contribution >= 4 is 5.91 Å². The Bertz CT molecular complexity index is 173. The van der Waals surface area contributed by atoms with Gasteiger partial charge in [0.05, 0.1) is 12.2 Å². The summed E-state index contributed by atoms with van der Waals surface area (Å²) in [6.07, 6.45) is -0.902. The molecule has 0 aliphatic rings. The molecule has 1 unspecified atom stereocenters. The standard InChI is InChI=1S/C9H20N2O3/c1-5(2)13-9(14-6(3)4)7(10)8(11)12/h5-7,9H,10H2,1-4H3,(H2,11,12). The third-order valence-electron chi connectivity index (χ3n) is 1.43. The first-order valence-corrected chi connectivity index (χ1v) is 4.70. The van der Waals surface area contributed by atoms with Gasteiger partial charge in [0.25, 0.3) is 0 Å². The van der Waals surface area contributed by atoms with Gasteiger partial charge in [-0.3, -0.25) is 4.79 Å². The van der Waals surface area contributed by atoms with E-state index >= 15 is 0 Å². The predicted octanol–water partition coefficient (Wildman–Crippen LogP) is -0.0249. The van der Waals surface area contributed by atoms with Gasteiger partial charge in [0.15, 0.2) is 6.29 Å². The second kappa shape index (κ2) is 5.95. The Kier molecular flexibility index (Phi) is 5.68. The summed E-state index contributed by atoms with van der Waals surface area (Å²) in [6, 6.07) is -0.931. The molecule has 0 saturated carbocycles. The van der Waals surface area contributed by atoms with Gasteiger partial charge in [0, 0.05) is 0 Å². The molecule has 1 amide bonds. The minimum Gasteiger partial charge on any atom is -0.368 e. The number of primary amides is 1. The highest BCUT2D eigenvalue weighted by atomic mass is 16.7. The predicted molar refractivity (Wildman–Crippen MR) is 53.4 cm³/mol. The summed E-state index contributed by atoms with van der Waals surface area (Å²) in [5.41, 5.74) is 10.6. The molecule has 0 radical (unpaired) electrons. The average molecular weight is 204 g/mol. The van der Waals surface area contributed by atoms with E-state index in [0.717, 1.165) is 0 Å². The fourth-order valence-corrected chi connectivity index (χ4v) is 0.872. The van der Waals surface area contributed by atoms with E-state index in [9.17, 15) is 4.79 Å². The minimum atomic E-state index is -0.931. The molecule has 5 heteroatoms. The van der Waals surface area contributed by atoms with Crippen LogP contribution in [0.5, 0.6) is 0 Å². The molecule has 0 rings (SSSR count). The van der Waals surface area contributed by atoms with Gasteiger partial charge in [0.1, 0.15) is 6.04 Å². The van der Waals surface area contributed by atoms with Gasteiger partial charge < -0.3 is 20.9 Å². The molecule has 14 heavy (non-hydrogen) atoms. The van der Waals surface area contributed by atoms with E-state index in [1.54, 1.807) is 0 Å². The maximum absolute atomic E-state index is 10.8. The number of hydrogen-bond donors (Lipinski definition) is 2. The van der Waals surface area contributed by atoms with Crippen LogP contribution in [0.3, 0.4) is 0 Å². The summed E-state index contributed by atoms with van der Waals surface area (Å²) in [5.74, 6) is -0.628. The second-order valence-electron chi connectivity index (χ2n) is 3.67. The van der Waals surface area contributed by atoms with Crippen molar-refractivity contribution in [2.24, 2.45) is 11.5 Å². The maximum atomic E-state index is 10.8. The molecule has 0 aliphatic carbocycles. The first-order valence-electron chi connectivity index (χ1n) is 4.70. The van der Waals surface area contributed by atoms with Gasteiger partial charge in [-0.2, -0.15) is 0 Å². The average Bonchev–Trinajstić information content (AvgIpc) is 1.99. The number of rotatable bonds is 6. The summed E-state index contributed by atoms with van der Waals surface area (Å²) >= 11 is 0. The Labute approximate surface area is 84.7 Å². The van der Waals surface area contributed by atoms with Crippen molar-refractivity contribution in [3.63, 3.8) is 0 Å². The number of nitrogens with two attached hydrogens (primary N) is 2. The van der Waals surface area contributed by atoms with E-state index in [0.29, 0.717) is 0 Å². The van der Waals surface area contributed by atoms with Gasteiger partial charge in [0.2, 0.25) is 5.91 Å². The number of hydrogen-bond acceptors (Lipinski definition) is 4. The molecule has 0 aromatic carbocycles. The molecule has 84 valence electrons. The zero-order chi connectivity index (χ0) is 11.3. The van der Waals surface area contributed by atoms with Crippen LogP contribution in [0.25, 0.3) is 0 Å². The first-order chi connectivity index (χ1) is 6.34. The Hall–Kier alpha value is -0.650. The lowest BCUT2D eigenvalue weighted by molar-refractivity contribution is -0.192. The van der Waals surface area contributed by atoms with Gasteiger partial charge in [-0.15, -0.1) is 0 Å². The fourth-order valence-electron chi connectivity index (χ4n) is 0.872. The topological polar surface area (TPSA) is 87.6 Å². The molecule has 5 nitrogen and oxygen atoms in total. The van der Waals surface area contributed by atoms with Gasteiger partial charge in [-0.1, -0.05) is 0 Å². The molecule has 0 saturated heterocycles. The summed E-state index contributed by atoms with van der Waals surface area (Å²) < 4.78 is 10.7. The van der Waals surface area contributed by atoms with Crippen LogP contribution in [-0.4, -0.2) is 30.4 Å². The van der Waals surface area contributed by atoms with Crippen LogP contribution in [-0.2, 0) is 14.3 Å². The lowest BCUT2D eigenvalue weighted by Gasteiger charge is -2.26. The molecule has 4 N–H and O–H groups in total. The number of carbonyl (C=O) groups is 1. The van der Waals surface area contributed by atoms with Crippen LogP contribution in [0.1, 0.15) is 27.7 Å². The molecule has 1 atom stereocenters. The molecular formula is C9H20N2O3. The van der Waals surface area contributed by atoms with E-state index in [1.807, 2.05) is 27.7 Å². The van der Waals surface area contributed by atoms with Crippen LogP contribution in [0, 0.1) is 0 Å². The summed E-state index contributed by atoms with van der Waals surface area (Å²) in [7, 11) is 0. The number of carbonyl (C=O) groups excluding carboxylic acids is 1. The molecule has 0 aromatic heterocycles. The Morgan fingerprint density at radius 3 is 1.64 bits per heavy atom. The molecule has 0 spiro atoms. The SMILES string of the molecule is CC(C)OC(OC(C)C)C(N)C(N)=O. The zero-order valence-electron chi connectivity index (χ0n) is 9.19. The van der Waals surface area contributed by atoms with Crippen molar-refractivity contribution < 1.29 is 14.3 Å². The van der Waals surface area contributed by atoms with E-state index in [4.69, 9.17) is 20.9 Å². The normalized spacial score (nSPS) is 14.0. The van der Waals surface area contributed by atoms with Crippen molar-refractivity contribution in [2.45, 2.75) is 52.2 Å². The van der Waals surface area contributed by atoms with Gasteiger partial charge in [-0.25, -0.2) is 0 Å². The Balaban J connectivity index is 4.30. The third kappa shape index (κ3) is 5.16. The largest absolute Gasteiger partial charge is 0.368 e. The van der Waals surface area contributed by atoms with Crippen LogP contribution in [0.15, 0.2) is 0 Å². The van der Waals surface area contributed by atoms with Crippen molar-refractivity contribution in [1.82, 2.24) is 0 Å². The fraction of sp³-hybridized carbons (Fsp3) is 0.889. The van der Waals surface area contributed by atoms with Gasteiger partial charge >= 0.3 is 0 Å². The van der Waals surface area contributed by atoms with Crippen molar-refractivity contribution in [3.8, 4) is 0 Å². The zero-order valence-corrected chi connectivity index (χ0v) is 9.19. The van der Waals surface area contributed by atoms with E-state index in [2.05, 4.69) is 0 Å². The highest BCUT2D eigenvalue weighted by Crippen LogP contribution is 2.06. The molecular weight excluding hydrogens is 184 g/mol. The summed E-state index contributed by atoms with van der Waals surface area (Å²) in [4.78, 5) is 10.8. The highest BCUT2D eigenvalue weighted by molar-refractivity contribution is 5.80. The quantitative estimate of drug-likeness (QED) is 0.595. The monoisotopic (exact) mass is 204 g/mol. The Morgan fingerprint density at radius 1 is 1.07 bits per heavy atom. The third-order valence-corrected chi connectivity index (χ3v) is 1.43. The van der Waals surface area contributed by atoms with E-state index in [-0.39, 0.29) is 12.2 Å². The second-order valence-corrected chi connectivity index (χ2v) is 3.67. The molecule has 0 heterocycles. The lowest BCUT2D eigenvalue weighted by atomic mass is 10.3. The summed E-state index contributed by atoms with van der Waals surface area (Å²) in [5, 5.41) is 0. The lowest BCUT2D eigenvalue weighted by Crippen LogP contribution is -2.49. The minimum absolute atomic E-state index is 0.0656. The van der Waals surface area contributed by atoms with Crippen LogP contribution in [0.2, 0.25) is 0 Å². The molecule has 0 aliphatic heterocycles. The van der Waals surface area contributed by atoms with E-state index < -0.39 is 18.2 Å². The van der Waals surface area contributed by atoms with Gasteiger partial charge in [-0.05, 0) is 27.7 Å².